The molecule has 0 bridgehead atoms. The molecule has 1 aromatic carbocycles. The van der Waals surface area contributed by atoms with Crippen LogP contribution < -0.4 is 21.7 Å². The van der Waals surface area contributed by atoms with Gasteiger partial charge in [0.15, 0.2) is 0 Å². The van der Waals surface area contributed by atoms with Crippen molar-refractivity contribution in [3.63, 3.8) is 0 Å². The second kappa shape index (κ2) is 9.09. The minimum absolute atomic E-state index is 0.0786. The molecule has 1 saturated carbocycles. The summed E-state index contributed by atoms with van der Waals surface area (Å²) in [6, 6.07) is 6.84. The van der Waals surface area contributed by atoms with Crippen LogP contribution in [0.25, 0.3) is 5.69 Å². The summed E-state index contributed by atoms with van der Waals surface area (Å²) in [6.07, 6.45) is 9.03. The minimum Gasteiger partial charge on any atom is -0.365 e. The van der Waals surface area contributed by atoms with Gasteiger partial charge in [0.1, 0.15) is 17.2 Å². The lowest BCUT2D eigenvalue weighted by Gasteiger charge is -2.32. The van der Waals surface area contributed by atoms with Crippen LogP contribution in [0, 0.1) is 5.82 Å². The number of likely N-dealkylation sites (N-methyl/N-ethyl adjacent to an activating group) is 1. The Bertz CT molecular complexity index is 1060. The standard InChI is InChI=1S/C21H25FN8O/c1-24-17-5-2-3-6-18(17)28-21-25-12-14(19(23)31)20(29-21)27-16-8-7-13(11-15(16)22)30-10-4-9-26-30/h4,7-12,17-18,24H,2-3,5-6H2,1H3,(H2,23,31)(H2,25,27,28,29)/t17-,18+/m0/s1. The quantitative estimate of drug-likeness (QED) is 0.460. The van der Waals surface area contributed by atoms with E-state index in [0.717, 1.165) is 19.3 Å². The number of benzene rings is 1. The van der Waals surface area contributed by atoms with E-state index in [1.165, 1.54) is 18.7 Å². The van der Waals surface area contributed by atoms with Crippen LogP contribution in [0.4, 0.5) is 21.8 Å². The van der Waals surface area contributed by atoms with E-state index in [0.29, 0.717) is 17.7 Å². The van der Waals surface area contributed by atoms with E-state index in [9.17, 15) is 9.18 Å². The van der Waals surface area contributed by atoms with Crippen molar-refractivity contribution in [2.75, 3.05) is 17.7 Å². The minimum atomic E-state index is -0.701. The maximum atomic E-state index is 14.7. The third-order valence-corrected chi connectivity index (χ3v) is 5.48. The molecule has 3 aromatic rings. The third-order valence-electron chi connectivity index (χ3n) is 5.48. The number of amides is 1. The van der Waals surface area contributed by atoms with Crippen molar-refractivity contribution >= 4 is 23.4 Å². The fourth-order valence-electron chi connectivity index (χ4n) is 3.84. The van der Waals surface area contributed by atoms with Crippen LogP contribution in [0.3, 0.4) is 0 Å². The zero-order valence-corrected chi connectivity index (χ0v) is 17.2. The molecule has 0 spiro atoms. The molecule has 5 N–H and O–H groups in total. The first-order valence-electron chi connectivity index (χ1n) is 10.2. The second-order valence-electron chi connectivity index (χ2n) is 7.49. The molecular formula is C21H25FN8O. The lowest BCUT2D eigenvalue weighted by Crippen LogP contribution is -2.44. The van der Waals surface area contributed by atoms with Gasteiger partial charge in [-0.15, -0.1) is 0 Å². The molecule has 162 valence electrons. The van der Waals surface area contributed by atoms with Crippen LogP contribution >= 0.6 is 0 Å². The van der Waals surface area contributed by atoms with E-state index in [4.69, 9.17) is 5.73 Å². The number of anilines is 3. The van der Waals surface area contributed by atoms with E-state index in [1.807, 2.05) is 7.05 Å². The summed E-state index contributed by atoms with van der Waals surface area (Å²) in [4.78, 5) is 20.5. The molecule has 10 heteroatoms. The van der Waals surface area contributed by atoms with Crippen molar-refractivity contribution in [1.82, 2.24) is 25.1 Å². The van der Waals surface area contributed by atoms with E-state index >= 15 is 0 Å². The van der Waals surface area contributed by atoms with Gasteiger partial charge >= 0.3 is 0 Å². The van der Waals surface area contributed by atoms with Crippen LogP contribution in [-0.4, -0.2) is 44.8 Å². The summed E-state index contributed by atoms with van der Waals surface area (Å²) >= 11 is 0. The Morgan fingerprint density at radius 2 is 2.06 bits per heavy atom. The average Bonchev–Trinajstić information content (AvgIpc) is 3.30. The Balaban J connectivity index is 1.59. The molecule has 1 aliphatic carbocycles. The van der Waals surface area contributed by atoms with Crippen molar-refractivity contribution < 1.29 is 9.18 Å². The molecule has 2 aromatic heterocycles. The molecule has 0 radical (unpaired) electrons. The Labute approximate surface area is 179 Å². The average molecular weight is 424 g/mol. The van der Waals surface area contributed by atoms with Gasteiger partial charge in [-0.1, -0.05) is 12.8 Å². The van der Waals surface area contributed by atoms with Crippen molar-refractivity contribution in [2.45, 2.75) is 37.8 Å². The highest BCUT2D eigenvalue weighted by Crippen LogP contribution is 2.25. The molecule has 0 saturated heterocycles. The molecule has 2 heterocycles. The van der Waals surface area contributed by atoms with Gasteiger partial charge in [0.25, 0.3) is 5.91 Å². The number of nitrogens with one attached hydrogen (secondary N) is 3. The summed E-state index contributed by atoms with van der Waals surface area (Å²) < 4.78 is 16.3. The van der Waals surface area contributed by atoms with Gasteiger partial charge < -0.3 is 21.7 Å². The topological polar surface area (TPSA) is 123 Å². The zero-order valence-electron chi connectivity index (χ0n) is 17.2. The molecule has 2 atom stereocenters. The zero-order chi connectivity index (χ0) is 21.8. The number of rotatable bonds is 7. The highest BCUT2D eigenvalue weighted by atomic mass is 19.1. The smallest absolute Gasteiger partial charge is 0.254 e. The predicted octanol–water partition coefficient (Wildman–Crippen LogP) is 2.59. The SMILES string of the molecule is CN[C@H]1CCCC[C@H]1Nc1ncc(C(N)=O)c(Nc2ccc(-n3cccn3)cc2F)n1. The number of nitrogens with zero attached hydrogens (tertiary/aromatic N) is 4. The summed E-state index contributed by atoms with van der Waals surface area (Å²) in [5, 5.41) is 13.6. The van der Waals surface area contributed by atoms with E-state index in [-0.39, 0.29) is 23.1 Å². The van der Waals surface area contributed by atoms with Gasteiger partial charge in [-0.25, -0.2) is 14.1 Å². The van der Waals surface area contributed by atoms with E-state index in [1.54, 1.807) is 35.3 Å². The third kappa shape index (κ3) is 4.64. The predicted molar refractivity (Wildman–Crippen MR) is 116 cm³/mol. The Kier molecular flexibility index (Phi) is 6.08. The fraction of sp³-hybridized carbons (Fsp3) is 0.333. The lowest BCUT2D eigenvalue weighted by molar-refractivity contribution is 0.100. The van der Waals surface area contributed by atoms with Crippen LogP contribution in [-0.2, 0) is 0 Å². The van der Waals surface area contributed by atoms with Crippen molar-refractivity contribution in [2.24, 2.45) is 5.73 Å². The van der Waals surface area contributed by atoms with Crippen molar-refractivity contribution in [1.29, 1.82) is 0 Å². The Hall–Kier alpha value is -3.53. The summed E-state index contributed by atoms with van der Waals surface area (Å²) in [7, 11) is 1.93. The number of carbonyl (C=O) groups is 1. The first-order valence-corrected chi connectivity index (χ1v) is 10.2. The van der Waals surface area contributed by atoms with Gasteiger partial charge in [0.2, 0.25) is 5.95 Å². The summed E-state index contributed by atoms with van der Waals surface area (Å²) in [5.41, 5.74) is 6.29. The fourth-order valence-corrected chi connectivity index (χ4v) is 3.84. The number of carbonyl (C=O) groups excluding carboxylic acids is 1. The van der Waals surface area contributed by atoms with E-state index < -0.39 is 11.7 Å². The monoisotopic (exact) mass is 424 g/mol. The molecular weight excluding hydrogens is 399 g/mol. The molecule has 1 fully saturated rings. The maximum Gasteiger partial charge on any atom is 0.254 e. The van der Waals surface area contributed by atoms with Crippen molar-refractivity contribution in [3.05, 3.63) is 54.2 Å². The van der Waals surface area contributed by atoms with Gasteiger partial charge in [-0.05, 0) is 38.1 Å². The summed E-state index contributed by atoms with van der Waals surface area (Å²) in [6.45, 7) is 0. The molecule has 1 aliphatic rings. The molecule has 0 unspecified atom stereocenters. The van der Waals surface area contributed by atoms with Gasteiger partial charge in [-0.2, -0.15) is 10.1 Å². The van der Waals surface area contributed by atoms with Crippen LogP contribution in [0.15, 0.2) is 42.9 Å². The first kappa shape index (κ1) is 20.7. The maximum absolute atomic E-state index is 14.7. The number of halogens is 1. The highest BCUT2D eigenvalue weighted by Gasteiger charge is 2.25. The number of hydrogen-bond acceptors (Lipinski definition) is 7. The normalized spacial score (nSPS) is 18.5. The van der Waals surface area contributed by atoms with E-state index in [2.05, 4.69) is 31.0 Å². The molecule has 9 nitrogen and oxygen atoms in total. The molecule has 4 rings (SSSR count). The van der Waals surface area contributed by atoms with Crippen LogP contribution in [0.2, 0.25) is 0 Å². The molecule has 0 aliphatic heterocycles. The first-order chi connectivity index (χ1) is 15.0. The number of aromatic nitrogens is 4. The largest absolute Gasteiger partial charge is 0.365 e. The Morgan fingerprint density at radius 1 is 1.26 bits per heavy atom. The number of primary amides is 1. The number of hydrogen-bond donors (Lipinski definition) is 4. The highest BCUT2D eigenvalue weighted by molar-refractivity contribution is 5.98. The van der Waals surface area contributed by atoms with Gasteiger partial charge in [0.05, 0.1) is 11.4 Å². The van der Waals surface area contributed by atoms with Gasteiger partial charge in [-0.3, -0.25) is 4.79 Å². The number of nitrogens with two attached hydrogens (primary N) is 1. The van der Waals surface area contributed by atoms with Crippen LogP contribution in [0.1, 0.15) is 36.0 Å². The van der Waals surface area contributed by atoms with Gasteiger partial charge in [0, 0.05) is 36.7 Å². The molecule has 31 heavy (non-hydrogen) atoms. The van der Waals surface area contributed by atoms with Crippen LogP contribution in [0.5, 0.6) is 0 Å². The lowest BCUT2D eigenvalue weighted by atomic mass is 9.90. The Morgan fingerprint density at radius 3 is 2.74 bits per heavy atom. The molecule has 1 amide bonds. The second-order valence-corrected chi connectivity index (χ2v) is 7.49. The van der Waals surface area contributed by atoms with Crippen molar-refractivity contribution in [3.8, 4) is 5.69 Å². The summed E-state index contributed by atoms with van der Waals surface area (Å²) in [5.74, 6) is -0.715.